The molecule has 1 aliphatic heterocycles. The Balaban J connectivity index is 2.07. The molecule has 3 rings (SSSR count). The van der Waals surface area contributed by atoms with E-state index in [2.05, 4.69) is 4.72 Å². The van der Waals surface area contributed by atoms with Crippen LogP contribution in [0.4, 0.5) is 8.78 Å². The molecule has 1 aromatic carbocycles. The topological polar surface area (TPSA) is 88.3 Å². The number of hydrogen-bond acceptors (Lipinski definition) is 5. The molecule has 5 nitrogen and oxygen atoms in total. The number of nitrogens with zero attached hydrogens (tertiary/aromatic N) is 1. The van der Waals surface area contributed by atoms with Gasteiger partial charge < -0.3 is 14.4 Å². The van der Waals surface area contributed by atoms with E-state index in [4.69, 9.17) is 4.74 Å². The largest absolute Gasteiger partial charge is 0.598 e. The highest BCUT2D eigenvalue weighted by Gasteiger charge is 2.63. The summed E-state index contributed by atoms with van der Waals surface area (Å²) >= 11 is -1.73. The van der Waals surface area contributed by atoms with E-state index in [0.29, 0.717) is 12.8 Å². The van der Waals surface area contributed by atoms with E-state index in [1.165, 1.54) is 0 Å². The highest BCUT2D eigenvalue weighted by atomic mass is 32.2. The van der Waals surface area contributed by atoms with E-state index >= 15 is 0 Å². The van der Waals surface area contributed by atoms with Gasteiger partial charge in [-0.25, -0.2) is 8.78 Å². The van der Waals surface area contributed by atoms with Gasteiger partial charge in [-0.1, -0.05) is 4.72 Å². The van der Waals surface area contributed by atoms with Crippen LogP contribution >= 0.6 is 0 Å². The van der Waals surface area contributed by atoms with Crippen LogP contribution in [0.3, 0.4) is 0 Å². The molecule has 0 amide bonds. The minimum Gasteiger partial charge on any atom is -0.598 e. The first kappa shape index (κ1) is 18.4. The molecule has 1 aliphatic carbocycles. The zero-order valence-electron chi connectivity index (χ0n) is 14.2. The van der Waals surface area contributed by atoms with Crippen molar-refractivity contribution in [3.05, 3.63) is 29.3 Å². The van der Waals surface area contributed by atoms with Gasteiger partial charge in [-0.15, -0.1) is 0 Å². The number of fused-ring (bicyclic) bond motifs is 1. The molecule has 1 spiro atoms. The van der Waals surface area contributed by atoms with Crippen LogP contribution in [0.5, 0.6) is 5.75 Å². The summed E-state index contributed by atoms with van der Waals surface area (Å²) in [5, 5.41) is 20.7. The van der Waals surface area contributed by atoms with E-state index in [-0.39, 0.29) is 17.9 Å². The fourth-order valence-electron chi connectivity index (χ4n) is 3.23. The van der Waals surface area contributed by atoms with Gasteiger partial charge in [-0.2, -0.15) is 5.26 Å². The van der Waals surface area contributed by atoms with Crippen molar-refractivity contribution in [2.75, 3.05) is 6.61 Å². The maximum Gasteiger partial charge on any atom is 0.252 e. The molecule has 136 valence electrons. The number of nitrogens with one attached hydrogen (secondary N) is 1. The van der Waals surface area contributed by atoms with E-state index < -0.39 is 44.8 Å². The molecule has 1 heterocycles. The molecule has 25 heavy (non-hydrogen) atoms. The van der Waals surface area contributed by atoms with Crippen molar-refractivity contribution in [2.45, 2.75) is 50.0 Å². The van der Waals surface area contributed by atoms with Gasteiger partial charge >= 0.3 is 0 Å². The van der Waals surface area contributed by atoms with Crippen molar-refractivity contribution in [1.29, 1.82) is 5.26 Å². The molecule has 1 fully saturated rings. The summed E-state index contributed by atoms with van der Waals surface area (Å²) in [5.41, 5.74) is -2.54. The summed E-state index contributed by atoms with van der Waals surface area (Å²) in [6, 6.07) is 3.68. The molecular weight excluding hydrogens is 350 g/mol. The minimum atomic E-state index is -2.20. The van der Waals surface area contributed by atoms with Gasteiger partial charge in [0.2, 0.25) is 0 Å². The molecular formula is C17H20F2N2O3S. The minimum absolute atomic E-state index is 0.0958. The van der Waals surface area contributed by atoms with Crippen LogP contribution in [0, 0.1) is 28.4 Å². The zero-order chi connectivity index (χ0) is 18.6. The lowest BCUT2D eigenvalue weighted by Gasteiger charge is -2.41. The molecule has 0 saturated heterocycles. The SMILES string of the molecule is CC(C)(C)[S@+]([O-])NC(O)(C#N)C1c2cc(F)c(F)cc2OCC12CC2. The van der Waals surface area contributed by atoms with Crippen LogP contribution in [0.15, 0.2) is 12.1 Å². The standard InChI is InChI=1S/C17H20F2N2O3S/c1-15(2,3)25(23)21-17(22,8-20)14-10-6-11(18)12(19)7-13(10)24-9-16(14)4-5-16/h6-7,14,21-22H,4-5,9H2,1-3H3/t14?,17?,25-/m0/s1. The molecule has 3 atom stereocenters. The highest BCUT2D eigenvalue weighted by molar-refractivity contribution is 7.90. The first-order valence-electron chi connectivity index (χ1n) is 7.97. The molecule has 0 aromatic heterocycles. The van der Waals surface area contributed by atoms with E-state index in [1.54, 1.807) is 26.8 Å². The second kappa shape index (κ2) is 5.81. The summed E-state index contributed by atoms with van der Waals surface area (Å²) in [6.07, 6.45) is 1.34. The number of aliphatic hydroxyl groups is 1. The Morgan fingerprint density at radius 1 is 1.36 bits per heavy atom. The van der Waals surface area contributed by atoms with Crippen molar-refractivity contribution < 1.29 is 23.2 Å². The Labute approximate surface area is 148 Å². The molecule has 2 unspecified atom stereocenters. The van der Waals surface area contributed by atoms with Crippen molar-refractivity contribution in [2.24, 2.45) is 5.41 Å². The Kier molecular flexibility index (Phi) is 4.27. The zero-order valence-corrected chi connectivity index (χ0v) is 15.0. The summed E-state index contributed by atoms with van der Waals surface area (Å²) in [5.74, 6) is -2.92. The number of rotatable bonds is 3. The lowest BCUT2D eigenvalue weighted by molar-refractivity contribution is 0.00386. The van der Waals surface area contributed by atoms with Gasteiger partial charge in [0.15, 0.2) is 11.6 Å². The monoisotopic (exact) mass is 370 g/mol. The van der Waals surface area contributed by atoms with Crippen LogP contribution in [0.2, 0.25) is 0 Å². The van der Waals surface area contributed by atoms with Gasteiger partial charge in [0.05, 0.1) is 12.5 Å². The maximum atomic E-state index is 13.8. The molecule has 2 aliphatic rings. The van der Waals surface area contributed by atoms with Crippen LogP contribution in [0.25, 0.3) is 0 Å². The molecule has 8 heteroatoms. The highest BCUT2D eigenvalue weighted by Crippen LogP contribution is 2.63. The van der Waals surface area contributed by atoms with Gasteiger partial charge in [0.1, 0.15) is 16.6 Å². The normalized spacial score (nSPS) is 24.6. The number of ether oxygens (including phenoxy) is 1. The van der Waals surface area contributed by atoms with Gasteiger partial charge in [-0.3, -0.25) is 0 Å². The van der Waals surface area contributed by atoms with E-state index in [1.807, 2.05) is 0 Å². The third-order valence-corrected chi connectivity index (χ3v) is 6.39. The van der Waals surface area contributed by atoms with Gasteiger partial charge in [0, 0.05) is 28.4 Å². The fourth-order valence-corrected chi connectivity index (χ4v) is 3.98. The Morgan fingerprint density at radius 2 is 1.96 bits per heavy atom. The number of halogens is 2. The Morgan fingerprint density at radius 3 is 2.48 bits per heavy atom. The summed E-state index contributed by atoms with van der Waals surface area (Å²) in [7, 11) is 0. The predicted octanol–water partition coefficient (Wildman–Crippen LogP) is 2.48. The molecule has 0 bridgehead atoms. The molecule has 2 N–H and O–H groups in total. The second-order valence-corrected chi connectivity index (χ2v) is 9.72. The summed E-state index contributed by atoms with van der Waals surface area (Å²) in [4.78, 5) is 0. The van der Waals surface area contributed by atoms with Gasteiger partial charge in [-0.05, 0) is 39.7 Å². The van der Waals surface area contributed by atoms with Crippen LogP contribution in [0.1, 0.15) is 45.1 Å². The Hall–Kier alpha value is -1.40. The van der Waals surface area contributed by atoms with Crippen LogP contribution < -0.4 is 9.46 Å². The first-order valence-corrected chi connectivity index (χ1v) is 9.12. The molecule has 1 aromatic rings. The molecule has 0 radical (unpaired) electrons. The third-order valence-electron chi connectivity index (χ3n) is 4.78. The lowest BCUT2D eigenvalue weighted by Crippen LogP contribution is -2.58. The lowest BCUT2D eigenvalue weighted by atomic mass is 9.75. The average Bonchev–Trinajstić information content (AvgIpc) is 3.28. The number of benzene rings is 1. The number of nitriles is 1. The van der Waals surface area contributed by atoms with Crippen molar-refractivity contribution >= 4 is 11.4 Å². The van der Waals surface area contributed by atoms with Crippen molar-refractivity contribution in [3.63, 3.8) is 0 Å². The quantitative estimate of drug-likeness (QED) is 0.485. The molecule has 1 saturated carbocycles. The smallest absolute Gasteiger partial charge is 0.252 e. The van der Waals surface area contributed by atoms with Crippen LogP contribution in [-0.2, 0) is 11.4 Å². The van der Waals surface area contributed by atoms with Gasteiger partial charge in [0.25, 0.3) is 5.72 Å². The van der Waals surface area contributed by atoms with Crippen molar-refractivity contribution in [3.8, 4) is 11.8 Å². The van der Waals surface area contributed by atoms with Crippen molar-refractivity contribution in [1.82, 2.24) is 4.72 Å². The van der Waals surface area contributed by atoms with E-state index in [9.17, 15) is 23.7 Å². The maximum absolute atomic E-state index is 13.8. The number of hydrogen-bond donors (Lipinski definition) is 2. The average molecular weight is 370 g/mol. The summed E-state index contributed by atoms with van der Waals surface area (Å²) < 4.78 is 47.2. The Bertz CT molecular complexity index is 743. The van der Waals surface area contributed by atoms with E-state index in [0.717, 1.165) is 12.1 Å². The third kappa shape index (κ3) is 3.10. The first-order chi connectivity index (χ1) is 11.5. The predicted molar refractivity (Wildman–Crippen MR) is 87.9 cm³/mol. The summed E-state index contributed by atoms with van der Waals surface area (Å²) in [6.45, 7) is 5.29. The fraction of sp³-hybridized carbons (Fsp3) is 0.588. The second-order valence-electron chi connectivity index (χ2n) is 7.75. The van der Waals surface area contributed by atoms with Crippen LogP contribution in [-0.4, -0.2) is 26.7 Å².